The van der Waals surface area contributed by atoms with Gasteiger partial charge in [-0.05, 0) is 42.4 Å². The number of allylic oxidation sites excluding steroid dienone is 1. The van der Waals surface area contributed by atoms with Crippen LogP contribution in [0.1, 0.15) is 55.8 Å². The van der Waals surface area contributed by atoms with E-state index in [0.717, 1.165) is 31.2 Å². The van der Waals surface area contributed by atoms with Crippen LogP contribution in [0.2, 0.25) is 0 Å². The number of nitrogens with zero attached hydrogens (tertiary/aromatic N) is 3. The lowest BCUT2D eigenvalue weighted by molar-refractivity contribution is -0.129. The Bertz CT molecular complexity index is 1010. The molecule has 1 heterocycles. The molecule has 2 aromatic carbocycles. The van der Waals surface area contributed by atoms with Gasteiger partial charge < -0.3 is 0 Å². The first-order valence-corrected chi connectivity index (χ1v) is 11.2. The molecule has 160 valence electrons. The number of aromatic amines is 1. The summed E-state index contributed by atoms with van der Waals surface area (Å²) >= 11 is 6.14. The molecule has 1 atom stereocenters. The molecule has 0 amide bonds. The molecule has 1 fully saturated rings. The fourth-order valence-corrected chi connectivity index (χ4v) is 5.01. The number of H-pyrrole nitrogens is 1. The maximum absolute atomic E-state index is 13.5. The Morgan fingerprint density at radius 2 is 1.74 bits per heavy atom. The highest BCUT2D eigenvalue weighted by Gasteiger charge is 2.42. The van der Waals surface area contributed by atoms with Crippen LogP contribution in [-0.2, 0) is 11.2 Å². The molecule has 1 aromatic heterocycles. The molecule has 5 nitrogen and oxygen atoms in total. The van der Waals surface area contributed by atoms with Crippen LogP contribution in [0.25, 0.3) is 11.1 Å². The standard InChI is InChI=1S/C25H27ClN4O/c1-18(26)17-25(13-5-6-14-25)23(31)16-22(24-27-29-30-28-24)15-19-9-11-21(12-10-19)20-7-3-2-4-8-20/h2-4,7-12,22H,1,5-6,13-17H2,(H,27,28,29,30)/t22-/m1/s1. The van der Waals surface area contributed by atoms with E-state index >= 15 is 0 Å². The third-order valence-electron chi connectivity index (χ3n) is 6.38. The number of hydrogen-bond acceptors (Lipinski definition) is 4. The molecular formula is C25H27ClN4O. The smallest absolute Gasteiger partial charge is 0.178 e. The van der Waals surface area contributed by atoms with Crippen molar-refractivity contribution in [2.75, 3.05) is 0 Å². The van der Waals surface area contributed by atoms with Gasteiger partial charge in [0.25, 0.3) is 0 Å². The molecule has 0 radical (unpaired) electrons. The lowest BCUT2D eigenvalue weighted by Gasteiger charge is -2.28. The molecule has 3 aromatic rings. The average molecular weight is 435 g/mol. The van der Waals surface area contributed by atoms with E-state index in [9.17, 15) is 4.79 Å². The number of Topliss-reactive ketones (excluding diaryl/α,β-unsaturated/α-hetero) is 1. The zero-order valence-corrected chi connectivity index (χ0v) is 18.3. The van der Waals surface area contributed by atoms with E-state index in [1.807, 2.05) is 18.2 Å². The molecular weight excluding hydrogens is 408 g/mol. The lowest BCUT2D eigenvalue weighted by atomic mass is 9.74. The van der Waals surface area contributed by atoms with E-state index in [1.165, 1.54) is 11.1 Å². The van der Waals surface area contributed by atoms with Gasteiger partial charge in [-0.2, -0.15) is 5.21 Å². The number of rotatable bonds is 9. The van der Waals surface area contributed by atoms with Gasteiger partial charge >= 0.3 is 0 Å². The SMILES string of the molecule is C=C(Cl)CC1(C(=O)C[C@@H](Cc2ccc(-c3ccccc3)cc2)c2nn[nH]n2)CCCC1. The van der Waals surface area contributed by atoms with Gasteiger partial charge in [0, 0.05) is 22.8 Å². The Labute approximate surface area is 187 Å². The fourth-order valence-electron chi connectivity index (χ4n) is 4.76. The average Bonchev–Trinajstić information content (AvgIpc) is 3.47. The monoisotopic (exact) mass is 434 g/mol. The van der Waals surface area contributed by atoms with Crippen molar-refractivity contribution in [1.82, 2.24) is 20.6 Å². The van der Waals surface area contributed by atoms with Gasteiger partial charge in [0.2, 0.25) is 0 Å². The zero-order valence-electron chi connectivity index (χ0n) is 17.6. The number of aromatic nitrogens is 4. The topological polar surface area (TPSA) is 71.5 Å². The van der Waals surface area contributed by atoms with E-state index in [-0.39, 0.29) is 11.7 Å². The number of carbonyl (C=O) groups excluding carboxylic acids is 1. The fraction of sp³-hybridized carbons (Fsp3) is 0.360. The van der Waals surface area contributed by atoms with E-state index in [2.05, 4.69) is 63.6 Å². The predicted molar refractivity (Wildman–Crippen MR) is 123 cm³/mol. The third kappa shape index (κ3) is 5.10. The summed E-state index contributed by atoms with van der Waals surface area (Å²) in [7, 11) is 0. The predicted octanol–water partition coefficient (Wildman–Crippen LogP) is 5.86. The highest BCUT2D eigenvalue weighted by Crippen LogP contribution is 2.46. The highest BCUT2D eigenvalue weighted by molar-refractivity contribution is 6.29. The van der Waals surface area contributed by atoms with Crippen LogP contribution in [0, 0.1) is 5.41 Å². The second kappa shape index (κ2) is 9.56. The maximum atomic E-state index is 13.5. The van der Waals surface area contributed by atoms with E-state index < -0.39 is 5.41 Å². The molecule has 0 spiro atoms. The molecule has 0 unspecified atom stereocenters. The Morgan fingerprint density at radius 1 is 1.06 bits per heavy atom. The van der Waals surface area contributed by atoms with Crippen molar-refractivity contribution in [3.63, 3.8) is 0 Å². The zero-order chi connectivity index (χ0) is 21.7. The molecule has 1 N–H and O–H groups in total. The maximum Gasteiger partial charge on any atom is 0.178 e. The summed E-state index contributed by atoms with van der Waals surface area (Å²) in [6, 6.07) is 18.8. The lowest BCUT2D eigenvalue weighted by Crippen LogP contribution is -2.30. The second-order valence-electron chi connectivity index (χ2n) is 8.54. The molecule has 0 bridgehead atoms. The summed E-state index contributed by atoms with van der Waals surface area (Å²) in [6.07, 6.45) is 5.48. The Kier molecular flexibility index (Phi) is 6.62. The van der Waals surface area contributed by atoms with E-state index in [1.54, 1.807) is 0 Å². The van der Waals surface area contributed by atoms with Crippen molar-refractivity contribution in [2.24, 2.45) is 5.41 Å². The van der Waals surface area contributed by atoms with Gasteiger partial charge in [-0.3, -0.25) is 4.79 Å². The summed E-state index contributed by atoms with van der Waals surface area (Å²) in [6.45, 7) is 3.85. The van der Waals surface area contributed by atoms with Crippen LogP contribution < -0.4 is 0 Å². The molecule has 1 aliphatic rings. The number of halogens is 1. The van der Waals surface area contributed by atoms with Crippen LogP contribution in [0.3, 0.4) is 0 Å². The van der Waals surface area contributed by atoms with E-state index in [4.69, 9.17) is 11.6 Å². The molecule has 1 saturated carbocycles. The number of nitrogens with one attached hydrogen (secondary N) is 1. The number of ketones is 1. The van der Waals surface area contributed by atoms with Gasteiger partial charge in [-0.1, -0.05) is 90.8 Å². The largest absolute Gasteiger partial charge is 0.299 e. The van der Waals surface area contributed by atoms with Crippen molar-refractivity contribution in [3.8, 4) is 11.1 Å². The summed E-state index contributed by atoms with van der Waals surface area (Å²) < 4.78 is 0. The van der Waals surface area contributed by atoms with E-state index in [0.29, 0.717) is 30.1 Å². The molecule has 0 aliphatic heterocycles. The van der Waals surface area contributed by atoms with Crippen molar-refractivity contribution in [3.05, 3.63) is 77.6 Å². The van der Waals surface area contributed by atoms with Gasteiger partial charge in [0.15, 0.2) is 5.82 Å². The number of tetrazole rings is 1. The summed E-state index contributed by atoms with van der Waals surface area (Å²) in [5.41, 5.74) is 3.10. The minimum atomic E-state index is -0.391. The van der Waals surface area contributed by atoms with Crippen molar-refractivity contribution in [1.29, 1.82) is 0 Å². The first-order valence-electron chi connectivity index (χ1n) is 10.8. The van der Waals surface area contributed by atoms with Crippen molar-refractivity contribution < 1.29 is 4.79 Å². The third-order valence-corrected chi connectivity index (χ3v) is 6.52. The first-order chi connectivity index (χ1) is 15.1. The van der Waals surface area contributed by atoms with Crippen LogP contribution in [0.15, 0.2) is 66.2 Å². The summed E-state index contributed by atoms with van der Waals surface area (Å²) in [5.74, 6) is 0.690. The summed E-state index contributed by atoms with van der Waals surface area (Å²) in [4.78, 5) is 13.5. The van der Waals surface area contributed by atoms with Crippen LogP contribution in [0.4, 0.5) is 0 Å². The van der Waals surface area contributed by atoms with Crippen molar-refractivity contribution >= 4 is 17.4 Å². The summed E-state index contributed by atoms with van der Waals surface area (Å²) in [5, 5.41) is 15.2. The molecule has 4 rings (SSSR count). The molecule has 6 heteroatoms. The molecule has 1 aliphatic carbocycles. The van der Waals surface area contributed by atoms with Gasteiger partial charge in [-0.15, -0.1) is 10.2 Å². The normalized spacial score (nSPS) is 16.2. The minimum absolute atomic E-state index is 0.130. The van der Waals surface area contributed by atoms with Gasteiger partial charge in [-0.25, -0.2) is 0 Å². The highest BCUT2D eigenvalue weighted by atomic mass is 35.5. The van der Waals surface area contributed by atoms with Crippen molar-refractivity contribution in [2.45, 2.75) is 50.9 Å². The Morgan fingerprint density at radius 3 is 2.35 bits per heavy atom. The quantitative estimate of drug-likeness (QED) is 0.458. The van der Waals surface area contributed by atoms with Crippen LogP contribution >= 0.6 is 11.6 Å². The Hall–Kier alpha value is -2.79. The molecule has 0 saturated heterocycles. The first kappa shape index (κ1) is 21.4. The minimum Gasteiger partial charge on any atom is -0.299 e. The van der Waals surface area contributed by atoms with Gasteiger partial charge in [0.1, 0.15) is 5.78 Å². The van der Waals surface area contributed by atoms with Crippen LogP contribution in [-0.4, -0.2) is 26.4 Å². The number of benzene rings is 2. The molecule has 31 heavy (non-hydrogen) atoms. The van der Waals surface area contributed by atoms with Gasteiger partial charge in [0.05, 0.1) is 0 Å². The number of carbonyl (C=O) groups is 1. The second-order valence-corrected chi connectivity index (χ2v) is 9.08. The Balaban J connectivity index is 1.52. The number of hydrogen-bond donors (Lipinski definition) is 1. The van der Waals surface area contributed by atoms with Crippen LogP contribution in [0.5, 0.6) is 0 Å².